The van der Waals surface area contributed by atoms with E-state index in [4.69, 9.17) is 21.1 Å². The van der Waals surface area contributed by atoms with Crippen molar-refractivity contribution in [2.45, 2.75) is 26.5 Å². The van der Waals surface area contributed by atoms with Crippen LogP contribution in [0.5, 0.6) is 11.5 Å². The maximum absolute atomic E-state index is 10.7. The summed E-state index contributed by atoms with van der Waals surface area (Å²) >= 11 is 6.32. The van der Waals surface area contributed by atoms with E-state index in [2.05, 4.69) is 12.2 Å². The number of nitro groups is 1. The Labute approximate surface area is 151 Å². The van der Waals surface area contributed by atoms with Crippen molar-refractivity contribution >= 4 is 17.3 Å². The normalized spacial score (nSPS) is 10.5. The van der Waals surface area contributed by atoms with Gasteiger partial charge in [0.1, 0.15) is 6.61 Å². The van der Waals surface area contributed by atoms with Crippen molar-refractivity contribution in [1.29, 1.82) is 0 Å². The second-order valence-corrected chi connectivity index (χ2v) is 5.89. The monoisotopic (exact) mass is 364 g/mol. The van der Waals surface area contributed by atoms with Gasteiger partial charge in [-0.3, -0.25) is 10.1 Å². The topological polar surface area (TPSA) is 73.6 Å². The van der Waals surface area contributed by atoms with Crippen LogP contribution in [0, 0.1) is 10.1 Å². The molecule has 0 heterocycles. The first kappa shape index (κ1) is 19.0. The van der Waals surface area contributed by atoms with Gasteiger partial charge in [-0.25, -0.2) is 0 Å². The highest BCUT2D eigenvalue weighted by molar-refractivity contribution is 6.31. The number of non-ortho nitro benzene ring substituents is 1. The number of ether oxygens (including phenoxy) is 2. The fourth-order valence-electron chi connectivity index (χ4n) is 2.26. The van der Waals surface area contributed by atoms with Crippen molar-refractivity contribution in [2.75, 3.05) is 13.7 Å². The first-order chi connectivity index (χ1) is 12.0. The van der Waals surface area contributed by atoms with Crippen LogP contribution in [-0.2, 0) is 13.2 Å². The van der Waals surface area contributed by atoms with E-state index in [1.165, 1.54) is 12.1 Å². The molecule has 2 aromatic rings. The Morgan fingerprint density at radius 1 is 1.20 bits per heavy atom. The molecule has 0 fully saturated rings. The molecule has 0 saturated heterocycles. The number of rotatable bonds is 9. The lowest BCUT2D eigenvalue weighted by Crippen LogP contribution is -2.14. The predicted octanol–water partition coefficient (Wildman–Crippen LogP) is 4.34. The van der Waals surface area contributed by atoms with E-state index < -0.39 is 4.92 Å². The summed E-state index contributed by atoms with van der Waals surface area (Å²) in [5.41, 5.74) is 1.81. The zero-order valence-electron chi connectivity index (χ0n) is 14.3. The Morgan fingerprint density at radius 2 is 1.92 bits per heavy atom. The molecule has 0 amide bonds. The number of benzene rings is 2. The van der Waals surface area contributed by atoms with Crippen LogP contribution in [-0.4, -0.2) is 18.6 Å². The standard InChI is InChI=1S/C18H21ClN2O4/c1-3-8-20-11-14-9-17(24-2)18(10-16(14)19)25-12-13-4-6-15(7-5-13)21(22)23/h4-7,9-10,20H,3,8,11-12H2,1-2H3. The van der Waals surface area contributed by atoms with Gasteiger partial charge in [0.2, 0.25) is 0 Å². The quantitative estimate of drug-likeness (QED) is 0.407. The molecular formula is C18H21ClN2O4. The van der Waals surface area contributed by atoms with E-state index in [-0.39, 0.29) is 12.3 Å². The molecule has 0 radical (unpaired) electrons. The van der Waals surface area contributed by atoms with Crippen LogP contribution in [0.25, 0.3) is 0 Å². The van der Waals surface area contributed by atoms with Crippen LogP contribution < -0.4 is 14.8 Å². The third kappa shape index (κ3) is 5.34. The van der Waals surface area contributed by atoms with E-state index in [0.29, 0.717) is 23.1 Å². The highest BCUT2D eigenvalue weighted by atomic mass is 35.5. The first-order valence-electron chi connectivity index (χ1n) is 7.98. The molecule has 6 nitrogen and oxygen atoms in total. The molecule has 2 rings (SSSR count). The Kier molecular flexibility index (Phi) is 7.03. The van der Waals surface area contributed by atoms with Crippen molar-refractivity contribution < 1.29 is 14.4 Å². The Hall–Kier alpha value is -2.31. The molecule has 2 aromatic carbocycles. The molecule has 134 valence electrons. The number of methoxy groups -OCH3 is 1. The molecule has 0 aliphatic rings. The molecule has 0 saturated carbocycles. The van der Waals surface area contributed by atoms with Gasteiger partial charge in [0.25, 0.3) is 5.69 Å². The summed E-state index contributed by atoms with van der Waals surface area (Å²) in [7, 11) is 1.57. The Balaban J connectivity index is 2.07. The number of hydrogen-bond donors (Lipinski definition) is 1. The van der Waals surface area contributed by atoms with Crippen LogP contribution in [0.1, 0.15) is 24.5 Å². The third-order valence-corrected chi connectivity index (χ3v) is 3.97. The van der Waals surface area contributed by atoms with Crippen molar-refractivity contribution in [1.82, 2.24) is 5.32 Å². The molecule has 0 aromatic heterocycles. The van der Waals surface area contributed by atoms with Gasteiger partial charge in [0, 0.05) is 29.8 Å². The third-order valence-electron chi connectivity index (χ3n) is 3.62. The lowest BCUT2D eigenvalue weighted by atomic mass is 10.2. The summed E-state index contributed by atoms with van der Waals surface area (Å²) in [5.74, 6) is 1.13. The van der Waals surface area contributed by atoms with Crippen LogP contribution >= 0.6 is 11.6 Å². The minimum absolute atomic E-state index is 0.0494. The molecule has 0 spiro atoms. The van der Waals surface area contributed by atoms with Crippen LogP contribution in [0.2, 0.25) is 5.02 Å². The second kappa shape index (κ2) is 9.25. The van der Waals surface area contributed by atoms with Gasteiger partial charge in [0.15, 0.2) is 11.5 Å². The summed E-state index contributed by atoms with van der Waals surface area (Å²) in [4.78, 5) is 10.2. The molecule has 7 heteroatoms. The van der Waals surface area contributed by atoms with Gasteiger partial charge < -0.3 is 14.8 Å². The van der Waals surface area contributed by atoms with Gasteiger partial charge in [-0.05, 0) is 42.3 Å². The lowest BCUT2D eigenvalue weighted by Gasteiger charge is -2.14. The molecular weight excluding hydrogens is 344 g/mol. The average Bonchev–Trinajstić information content (AvgIpc) is 2.61. The molecule has 0 bridgehead atoms. The molecule has 1 N–H and O–H groups in total. The number of nitro benzene ring substituents is 1. The maximum Gasteiger partial charge on any atom is 0.269 e. The highest BCUT2D eigenvalue weighted by Crippen LogP contribution is 2.34. The van der Waals surface area contributed by atoms with Gasteiger partial charge in [-0.15, -0.1) is 0 Å². The van der Waals surface area contributed by atoms with Crippen molar-refractivity contribution in [3.8, 4) is 11.5 Å². The smallest absolute Gasteiger partial charge is 0.269 e. The van der Waals surface area contributed by atoms with E-state index >= 15 is 0 Å². The summed E-state index contributed by atoms with van der Waals surface area (Å²) in [5, 5.41) is 14.6. The minimum atomic E-state index is -0.432. The van der Waals surface area contributed by atoms with Crippen LogP contribution in [0.15, 0.2) is 36.4 Å². The minimum Gasteiger partial charge on any atom is -0.493 e. The van der Waals surface area contributed by atoms with E-state index in [1.807, 2.05) is 6.07 Å². The Morgan fingerprint density at radius 3 is 2.52 bits per heavy atom. The van der Waals surface area contributed by atoms with Gasteiger partial charge in [0.05, 0.1) is 12.0 Å². The van der Waals surface area contributed by atoms with Crippen LogP contribution in [0.3, 0.4) is 0 Å². The molecule has 0 unspecified atom stereocenters. The average molecular weight is 365 g/mol. The predicted molar refractivity (Wildman–Crippen MR) is 97.4 cm³/mol. The van der Waals surface area contributed by atoms with Crippen molar-refractivity contribution in [3.63, 3.8) is 0 Å². The van der Waals surface area contributed by atoms with E-state index in [0.717, 1.165) is 24.1 Å². The number of nitrogens with one attached hydrogen (secondary N) is 1. The highest BCUT2D eigenvalue weighted by Gasteiger charge is 2.11. The molecule has 0 aliphatic heterocycles. The van der Waals surface area contributed by atoms with Crippen molar-refractivity contribution in [2.24, 2.45) is 0 Å². The fourth-order valence-corrected chi connectivity index (χ4v) is 2.48. The van der Waals surface area contributed by atoms with Gasteiger partial charge >= 0.3 is 0 Å². The molecule has 0 aliphatic carbocycles. The zero-order chi connectivity index (χ0) is 18.2. The van der Waals surface area contributed by atoms with Gasteiger partial charge in [-0.2, -0.15) is 0 Å². The zero-order valence-corrected chi connectivity index (χ0v) is 15.0. The molecule has 0 atom stereocenters. The van der Waals surface area contributed by atoms with Crippen LogP contribution in [0.4, 0.5) is 5.69 Å². The summed E-state index contributed by atoms with van der Waals surface area (Å²) < 4.78 is 11.2. The second-order valence-electron chi connectivity index (χ2n) is 5.48. The number of halogens is 1. The van der Waals surface area contributed by atoms with Gasteiger partial charge in [-0.1, -0.05) is 18.5 Å². The number of hydrogen-bond acceptors (Lipinski definition) is 5. The fraction of sp³-hybridized carbons (Fsp3) is 0.333. The summed E-state index contributed by atoms with van der Waals surface area (Å²) in [6.45, 7) is 3.94. The summed E-state index contributed by atoms with van der Waals surface area (Å²) in [6.07, 6.45) is 1.05. The maximum atomic E-state index is 10.7. The largest absolute Gasteiger partial charge is 0.493 e. The molecule has 25 heavy (non-hydrogen) atoms. The Bertz CT molecular complexity index is 720. The van der Waals surface area contributed by atoms with E-state index in [1.54, 1.807) is 25.3 Å². The first-order valence-corrected chi connectivity index (χ1v) is 8.36. The summed E-state index contributed by atoms with van der Waals surface area (Å²) in [6, 6.07) is 9.81. The number of nitrogens with zero attached hydrogens (tertiary/aromatic N) is 1. The lowest BCUT2D eigenvalue weighted by molar-refractivity contribution is -0.384. The van der Waals surface area contributed by atoms with Crippen molar-refractivity contribution in [3.05, 3.63) is 62.7 Å². The SMILES string of the molecule is CCCNCc1cc(OC)c(OCc2ccc([N+](=O)[O-])cc2)cc1Cl. The van der Waals surface area contributed by atoms with E-state index in [9.17, 15) is 10.1 Å².